The lowest BCUT2D eigenvalue weighted by molar-refractivity contribution is 0.0997. The highest BCUT2D eigenvalue weighted by atomic mass is 35.5. The van der Waals surface area contributed by atoms with E-state index in [2.05, 4.69) is 10.3 Å². The van der Waals surface area contributed by atoms with E-state index in [-0.39, 0.29) is 10.8 Å². The fraction of sp³-hybridized carbons (Fsp3) is 0. The summed E-state index contributed by atoms with van der Waals surface area (Å²) in [5.41, 5.74) is 2.44. The lowest BCUT2D eigenvalue weighted by Crippen LogP contribution is -2.12. The number of halogens is 4. The van der Waals surface area contributed by atoms with Gasteiger partial charge in [0, 0.05) is 16.1 Å². The minimum absolute atomic E-state index is 0.0855. The van der Waals surface area contributed by atoms with Crippen molar-refractivity contribution in [3.05, 3.63) is 92.6 Å². The topological polar surface area (TPSA) is 55.1 Å². The van der Waals surface area contributed by atoms with Crippen LogP contribution in [-0.2, 0) is 0 Å². The Bertz CT molecular complexity index is 1490. The molecule has 0 unspecified atom stereocenters. The fourth-order valence-corrected chi connectivity index (χ4v) is 5.25. The Labute approximate surface area is 212 Å². The first-order valence-corrected chi connectivity index (χ1v) is 11.9. The summed E-state index contributed by atoms with van der Waals surface area (Å²) in [6.45, 7) is 0. The summed E-state index contributed by atoms with van der Waals surface area (Å²) in [5, 5.41) is 4.98. The van der Waals surface area contributed by atoms with Crippen molar-refractivity contribution >= 4 is 79.6 Å². The zero-order valence-corrected chi connectivity index (χ0v) is 20.4. The molecule has 0 saturated carbocycles. The van der Waals surface area contributed by atoms with Crippen molar-refractivity contribution in [3.8, 4) is 21.9 Å². The minimum atomic E-state index is -0.481. The van der Waals surface area contributed by atoms with E-state index in [0.29, 0.717) is 42.7 Å². The highest BCUT2D eigenvalue weighted by molar-refractivity contribution is 7.21. The molecule has 0 aliphatic rings. The third kappa shape index (κ3) is 4.35. The molecule has 4 nitrogen and oxygen atoms in total. The first kappa shape index (κ1) is 22.3. The second-order valence-electron chi connectivity index (χ2n) is 7.02. The lowest BCUT2D eigenvalue weighted by atomic mass is 10.1. The number of nitrogens with one attached hydrogen (secondary N) is 1. The lowest BCUT2D eigenvalue weighted by Gasteiger charge is -2.11. The maximum absolute atomic E-state index is 13.0. The van der Waals surface area contributed by atoms with Crippen molar-refractivity contribution < 1.29 is 9.21 Å². The summed E-state index contributed by atoms with van der Waals surface area (Å²) >= 11 is 26.6. The van der Waals surface area contributed by atoms with E-state index in [0.717, 1.165) is 10.2 Å². The second-order valence-corrected chi connectivity index (χ2v) is 9.68. The van der Waals surface area contributed by atoms with Crippen molar-refractivity contribution in [2.24, 2.45) is 0 Å². The Morgan fingerprint density at radius 3 is 2.52 bits per heavy atom. The summed E-state index contributed by atoms with van der Waals surface area (Å²) in [6, 6.07) is 19.5. The molecule has 1 amide bonds. The predicted octanol–water partition coefficient (Wildman–Crippen LogP) is 9.09. The predicted molar refractivity (Wildman–Crippen MR) is 137 cm³/mol. The second kappa shape index (κ2) is 9.01. The number of carbonyl (C=O) groups is 1. The van der Waals surface area contributed by atoms with Gasteiger partial charge in [-0.25, -0.2) is 4.98 Å². The fourth-order valence-electron chi connectivity index (χ4n) is 3.33. The highest BCUT2D eigenvalue weighted by Crippen LogP contribution is 2.41. The van der Waals surface area contributed by atoms with E-state index < -0.39 is 5.91 Å². The first-order chi connectivity index (χ1) is 15.9. The average Bonchev–Trinajstić information content (AvgIpc) is 3.44. The van der Waals surface area contributed by atoms with Crippen LogP contribution in [0.5, 0.6) is 0 Å². The number of fused-ring (bicyclic) bond motifs is 1. The summed E-state index contributed by atoms with van der Waals surface area (Å²) in [6.07, 6.45) is 0. The van der Waals surface area contributed by atoms with Crippen LogP contribution in [0.3, 0.4) is 0 Å². The number of para-hydroxylation sites is 1. The van der Waals surface area contributed by atoms with Gasteiger partial charge in [0.15, 0.2) is 5.76 Å². The van der Waals surface area contributed by atoms with Gasteiger partial charge >= 0.3 is 0 Å². The molecule has 0 aliphatic heterocycles. The maximum Gasteiger partial charge on any atom is 0.291 e. The summed E-state index contributed by atoms with van der Waals surface area (Å²) < 4.78 is 6.77. The quantitative estimate of drug-likeness (QED) is 0.250. The van der Waals surface area contributed by atoms with Crippen molar-refractivity contribution in [1.29, 1.82) is 0 Å². The van der Waals surface area contributed by atoms with Crippen LogP contribution in [0.2, 0.25) is 20.1 Å². The van der Waals surface area contributed by atoms with Crippen LogP contribution in [0.15, 0.2) is 71.1 Å². The number of thiazole rings is 1. The van der Waals surface area contributed by atoms with Gasteiger partial charge in [-0.2, -0.15) is 0 Å². The summed E-state index contributed by atoms with van der Waals surface area (Å²) in [7, 11) is 0. The molecule has 0 bridgehead atoms. The number of hydrogen-bond donors (Lipinski definition) is 1. The van der Waals surface area contributed by atoms with Crippen LogP contribution in [0, 0.1) is 0 Å². The van der Waals surface area contributed by atoms with Gasteiger partial charge in [0.05, 0.1) is 31.0 Å². The van der Waals surface area contributed by atoms with Gasteiger partial charge < -0.3 is 9.73 Å². The van der Waals surface area contributed by atoms with Crippen LogP contribution in [-0.4, -0.2) is 10.9 Å². The Hall–Kier alpha value is -2.54. The normalized spacial score (nSPS) is 11.2. The monoisotopic (exact) mass is 532 g/mol. The number of nitrogens with zero attached hydrogens (tertiary/aromatic N) is 1. The number of benzene rings is 3. The minimum Gasteiger partial charge on any atom is -0.451 e. The third-order valence-corrected chi connectivity index (χ3v) is 7.27. The van der Waals surface area contributed by atoms with Gasteiger partial charge in [0.25, 0.3) is 5.91 Å². The molecule has 164 valence electrons. The molecule has 0 atom stereocenters. The smallest absolute Gasteiger partial charge is 0.291 e. The molecule has 9 heteroatoms. The maximum atomic E-state index is 13.0. The van der Waals surface area contributed by atoms with E-state index in [1.807, 2.05) is 24.3 Å². The molecule has 0 spiro atoms. The van der Waals surface area contributed by atoms with Gasteiger partial charge in [0.2, 0.25) is 0 Å². The largest absolute Gasteiger partial charge is 0.451 e. The van der Waals surface area contributed by atoms with Gasteiger partial charge in [-0.1, -0.05) is 64.6 Å². The number of anilines is 1. The van der Waals surface area contributed by atoms with Gasteiger partial charge in [0.1, 0.15) is 10.8 Å². The number of amides is 1. The Morgan fingerprint density at radius 2 is 1.70 bits per heavy atom. The molecular weight excluding hydrogens is 522 g/mol. The molecule has 0 saturated heterocycles. The van der Waals surface area contributed by atoms with Crippen LogP contribution < -0.4 is 5.32 Å². The molecule has 5 rings (SSSR count). The molecule has 2 aromatic heterocycles. The number of hydrogen-bond acceptors (Lipinski definition) is 4. The van der Waals surface area contributed by atoms with Crippen molar-refractivity contribution in [2.45, 2.75) is 0 Å². The standard InChI is InChI=1S/C24H12Cl4N2O2S/c25-12-10-14(24-29-17-6-1-2-7-20(17)33-24)22(16(27)11-12)30-23(31)19-9-8-18(32-19)13-4-3-5-15(26)21(13)28/h1-11H,(H,30,31). The SMILES string of the molecule is O=C(Nc1c(Cl)cc(Cl)cc1-c1nc2ccccc2s1)c1ccc(-c2cccc(Cl)c2Cl)o1. The number of carbonyl (C=O) groups excluding carboxylic acids is 1. The van der Waals surface area contributed by atoms with Gasteiger partial charge in [-0.3, -0.25) is 4.79 Å². The zero-order valence-electron chi connectivity index (χ0n) is 16.5. The zero-order chi connectivity index (χ0) is 23.1. The Kier molecular flexibility index (Phi) is 6.08. The van der Waals surface area contributed by atoms with Crippen LogP contribution in [0.25, 0.3) is 32.1 Å². The number of rotatable bonds is 4. The van der Waals surface area contributed by atoms with Crippen LogP contribution >= 0.6 is 57.7 Å². The van der Waals surface area contributed by atoms with E-state index in [9.17, 15) is 4.79 Å². The van der Waals surface area contributed by atoms with Crippen molar-refractivity contribution in [1.82, 2.24) is 4.98 Å². The molecule has 0 aliphatic carbocycles. The molecule has 3 aromatic carbocycles. The van der Waals surface area contributed by atoms with E-state index >= 15 is 0 Å². The molecule has 2 heterocycles. The Morgan fingerprint density at radius 1 is 0.879 bits per heavy atom. The van der Waals surface area contributed by atoms with Gasteiger partial charge in [-0.05, 0) is 48.5 Å². The van der Waals surface area contributed by atoms with E-state index in [1.165, 1.54) is 11.3 Å². The van der Waals surface area contributed by atoms with Gasteiger partial charge in [-0.15, -0.1) is 11.3 Å². The molecule has 0 fully saturated rings. The number of furan rings is 1. The van der Waals surface area contributed by atoms with E-state index in [1.54, 1.807) is 42.5 Å². The molecule has 5 aromatic rings. The van der Waals surface area contributed by atoms with E-state index in [4.69, 9.17) is 50.8 Å². The number of aromatic nitrogens is 1. The first-order valence-electron chi connectivity index (χ1n) is 9.61. The molecular formula is C24H12Cl4N2O2S. The summed E-state index contributed by atoms with van der Waals surface area (Å²) in [5.74, 6) is 0.0227. The highest BCUT2D eigenvalue weighted by Gasteiger charge is 2.20. The summed E-state index contributed by atoms with van der Waals surface area (Å²) in [4.78, 5) is 17.7. The molecule has 1 N–H and O–H groups in total. The van der Waals surface area contributed by atoms with Crippen LogP contribution in [0.1, 0.15) is 10.6 Å². The van der Waals surface area contributed by atoms with Crippen molar-refractivity contribution in [3.63, 3.8) is 0 Å². The average molecular weight is 534 g/mol. The third-order valence-electron chi connectivity index (χ3n) is 4.86. The molecule has 33 heavy (non-hydrogen) atoms. The van der Waals surface area contributed by atoms with Crippen molar-refractivity contribution in [2.75, 3.05) is 5.32 Å². The Balaban J connectivity index is 1.50. The molecule has 0 radical (unpaired) electrons. The van der Waals surface area contributed by atoms with Crippen LogP contribution in [0.4, 0.5) is 5.69 Å².